The van der Waals surface area contributed by atoms with Crippen molar-refractivity contribution in [3.05, 3.63) is 35.0 Å². The number of hydrogen-bond acceptors (Lipinski definition) is 6. The summed E-state index contributed by atoms with van der Waals surface area (Å²) in [5.41, 5.74) is 13.2. The number of benzene rings is 1. The molecule has 0 amide bonds. The average Bonchev–Trinajstić information content (AvgIpc) is 3.21. The van der Waals surface area contributed by atoms with Crippen LogP contribution in [0.15, 0.2) is 18.2 Å². The Labute approximate surface area is 154 Å². The molecule has 1 aliphatic carbocycles. The first kappa shape index (κ1) is 17.8. The molecule has 27 heavy (non-hydrogen) atoms. The highest BCUT2D eigenvalue weighted by Crippen LogP contribution is 2.35. The molecular weight excluding hydrogens is 357 g/mol. The third kappa shape index (κ3) is 3.64. The van der Waals surface area contributed by atoms with E-state index in [-0.39, 0.29) is 23.4 Å². The first-order valence-corrected chi connectivity index (χ1v) is 8.95. The van der Waals surface area contributed by atoms with Crippen molar-refractivity contribution in [2.24, 2.45) is 5.73 Å². The lowest BCUT2D eigenvalue weighted by Gasteiger charge is -2.21. The Morgan fingerprint density at radius 3 is 2.67 bits per heavy atom. The van der Waals surface area contributed by atoms with Gasteiger partial charge >= 0.3 is 6.18 Å². The van der Waals surface area contributed by atoms with Crippen LogP contribution in [0, 0.1) is 0 Å². The SMILES string of the molecule is Nc1cc(Nc2nc3c(c(N4CC[C@H](N)C4)n2)CCC3)cc(C(F)(F)F)c1. The quantitative estimate of drug-likeness (QED) is 0.711. The molecule has 1 saturated heterocycles. The van der Waals surface area contributed by atoms with Crippen molar-refractivity contribution in [2.75, 3.05) is 29.0 Å². The molecule has 0 bridgehead atoms. The highest BCUT2D eigenvalue weighted by atomic mass is 19.4. The molecule has 6 nitrogen and oxygen atoms in total. The van der Waals surface area contributed by atoms with Crippen molar-refractivity contribution in [1.29, 1.82) is 0 Å². The second-order valence-electron chi connectivity index (χ2n) is 7.11. The minimum atomic E-state index is -4.47. The van der Waals surface area contributed by atoms with Crippen LogP contribution in [-0.2, 0) is 19.0 Å². The zero-order valence-electron chi connectivity index (χ0n) is 14.7. The van der Waals surface area contributed by atoms with Gasteiger partial charge in [-0.15, -0.1) is 0 Å². The predicted molar refractivity (Wildman–Crippen MR) is 98.0 cm³/mol. The largest absolute Gasteiger partial charge is 0.416 e. The monoisotopic (exact) mass is 378 g/mol. The minimum absolute atomic E-state index is 0.0271. The molecule has 1 atom stereocenters. The van der Waals surface area contributed by atoms with Gasteiger partial charge in [0.2, 0.25) is 5.95 Å². The summed E-state index contributed by atoms with van der Waals surface area (Å²) >= 11 is 0. The van der Waals surface area contributed by atoms with Crippen molar-refractivity contribution in [1.82, 2.24) is 9.97 Å². The van der Waals surface area contributed by atoms with E-state index in [1.165, 1.54) is 6.07 Å². The molecule has 2 aromatic rings. The summed E-state index contributed by atoms with van der Waals surface area (Å²) in [5.74, 6) is 1.12. The second-order valence-corrected chi connectivity index (χ2v) is 7.11. The number of aromatic nitrogens is 2. The van der Waals surface area contributed by atoms with Gasteiger partial charge in [-0.1, -0.05) is 0 Å². The number of nitrogen functional groups attached to an aromatic ring is 1. The van der Waals surface area contributed by atoms with Gasteiger partial charge in [-0.3, -0.25) is 0 Å². The van der Waals surface area contributed by atoms with Gasteiger partial charge in [0.1, 0.15) is 5.82 Å². The van der Waals surface area contributed by atoms with E-state index in [9.17, 15) is 13.2 Å². The van der Waals surface area contributed by atoms with E-state index in [1.807, 2.05) is 0 Å². The van der Waals surface area contributed by atoms with Gasteiger partial charge < -0.3 is 21.7 Å². The number of halogens is 3. The van der Waals surface area contributed by atoms with Crippen LogP contribution in [0.25, 0.3) is 0 Å². The van der Waals surface area contributed by atoms with Crippen LogP contribution in [0.5, 0.6) is 0 Å². The third-order valence-electron chi connectivity index (χ3n) is 4.97. The van der Waals surface area contributed by atoms with Crippen LogP contribution in [0.1, 0.15) is 29.7 Å². The Kier molecular flexibility index (Phi) is 4.33. The van der Waals surface area contributed by atoms with Gasteiger partial charge in [0.05, 0.1) is 11.3 Å². The highest BCUT2D eigenvalue weighted by molar-refractivity contribution is 5.64. The van der Waals surface area contributed by atoms with Gasteiger partial charge in [-0.05, 0) is 43.9 Å². The number of anilines is 4. The maximum atomic E-state index is 13.0. The van der Waals surface area contributed by atoms with Crippen LogP contribution in [0.4, 0.5) is 36.3 Å². The van der Waals surface area contributed by atoms with E-state index in [4.69, 9.17) is 11.5 Å². The second kappa shape index (κ2) is 6.56. The Hall–Kier alpha value is -2.55. The van der Waals surface area contributed by atoms with Crippen LogP contribution in [-0.4, -0.2) is 29.1 Å². The van der Waals surface area contributed by atoms with Crippen LogP contribution >= 0.6 is 0 Å². The Morgan fingerprint density at radius 2 is 1.96 bits per heavy atom. The van der Waals surface area contributed by atoms with Gasteiger partial charge in [0.25, 0.3) is 0 Å². The summed E-state index contributed by atoms with van der Waals surface area (Å²) in [6, 6.07) is 3.47. The number of rotatable bonds is 3. The lowest BCUT2D eigenvalue weighted by molar-refractivity contribution is -0.137. The maximum absolute atomic E-state index is 13.0. The molecule has 0 unspecified atom stereocenters. The molecule has 4 rings (SSSR count). The first-order valence-electron chi connectivity index (χ1n) is 8.95. The van der Waals surface area contributed by atoms with E-state index in [0.29, 0.717) is 0 Å². The standard InChI is InChI=1S/C18H21F3N6/c19-18(20,21)10-6-12(23)8-13(7-10)24-17-25-15-3-1-2-14(15)16(26-17)27-5-4-11(22)9-27/h6-8,11H,1-5,9,22-23H2,(H,24,25,26)/t11-/m0/s1. The number of nitrogens with zero attached hydrogens (tertiary/aromatic N) is 3. The first-order chi connectivity index (χ1) is 12.8. The Morgan fingerprint density at radius 1 is 1.15 bits per heavy atom. The molecule has 1 aromatic carbocycles. The van der Waals surface area contributed by atoms with Crippen LogP contribution < -0.4 is 21.7 Å². The van der Waals surface area contributed by atoms with Crippen molar-refractivity contribution in [3.63, 3.8) is 0 Å². The van der Waals surface area contributed by atoms with Crippen molar-refractivity contribution in [3.8, 4) is 0 Å². The fourth-order valence-corrected chi connectivity index (χ4v) is 3.73. The van der Waals surface area contributed by atoms with Crippen LogP contribution in [0.3, 0.4) is 0 Å². The summed E-state index contributed by atoms with van der Waals surface area (Å²) in [6.45, 7) is 1.54. The van der Waals surface area contributed by atoms with E-state index < -0.39 is 11.7 Å². The van der Waals surface area contributed by atoms with Gasteiger partial charge in [-0.25, -0.2) is 4.98 Å². The summed E-state index contributed by atoms with van der Waals surface area (Å²) in [7, 11) is 0. The lowest BCUT2D eigenvalue weighted by Crippen LogP contribution is -2.28. The van der Waals surface area contributed by atoms with Crippen LogP contribution in [0.2, 0.25) is 0 Å². The van der Waals surface area contributed by atoms with Gasteiger partial charge in [-0.2, -0.15) is 18.2 Å². The summed E-state index contributed by atoms with van der Waals surface area (Å²) in [6.07, 6.45) is -0.832. The Balaban J connectivity index is 1.68. The molecule has 0 radical (unpaired) electrons. The molecule has 0 spiro atoms. The molecule has 5 N–H and O–H groups in total. The van der Waals surface area contributed by atoms with E-state index in [2.05, 4.69) is 20.2 Å². The fraction of sp³-hybridized carbons (Fsp3) is 0.444. The normalized spacial score (nSPS) is 19.4. The van der Waals surface area contributed by atoms with Gasteiger partial charge in [0, 0.05) is 36.1 Å². The smallest absolute Gasteiger partial charge is 0.399 e. The zero-order chi connectivity index (χ0) is 19.2. The predicted octanol–water partition coefficient (Wildman–Crippen LogP) is 2.85. The van der Waals surface area contributed by atoms with Crippen molar-refractivity contribution in [2.45, 2.75) is 37.9 Å². The average molecular weight is 378 g/mol. The molecular formula is C18H21F3N6. The number of fused-ring (bicyclic) bond motifs is 1. The Bertz CT molecular complexity index is 867. The van der Waals surface area contributed by atoms with Crippen molar-refractivity contribution < 1.29 is 13.2 Å². The van der Waals surface area contributed by atoms with E-state index >= 15 is 0 Å². The molecule has 0 saturated carbocycles. The van der Waals surface area contributed by atoms with E-state index in [0.717, 1.165) is 68.0 Å². The van der Waals surface area contributed by atoms with Crippen molar-refractivity contribution >= 4 is 23.1 Å². The fourth-order valence-electron chi connectivity index (χ4n) is 3.73. The highest BCUT2D eigenvalue weighted by Gasteiger charge is 2.31. The zero-order valence-corrected chi connectivity index (χ0v) is 14.7. The number of alkyl halides is 3. The topological polar surface area (TPSA) is 93.1 Å². The summed E-state index contributed by atoms with van der Waals surface area (Å²) in [5, 5.41) is 2.90. The molecule has 1 fully saturated rings. The number of aryl methyl sites for hydroxylation is 1. The molecule has 1 aromatic heterocycles. The molecule has 144 valence electrons. The number of nitrogens with two attached hydrogens (primary N) is 2. The number of hydrogen-bond donors (Lipinski definition) is 3. The summed E-state index contributed by atoms with van der Waals surface area (Å²) < 4.78 is 39.1. The third-order valence-corrected chi connectivity index (χ3v) is 4.97. The minimum Gasteiger partial charge on any atom is -0.399 e. The maximum Gasteiger partial charge on any atom is 0.416 e. The molecule has 2 aliphatic rings. The molecule has 1 aliphatic heterocycles. The lowest BCUT2D eigenvalue weighted by atomic mass is 10.1. The van der Waals surface area contributed by atoms with E-state index in [1.54, 1.807) is 0 Å². The molecule has 9 heteroatoms. The summed E-state index contributed by atoms with van der Waals surface area (Å²) in [4.78, 5) is 11.3. The number of nitrogens with one attached hydrogen (secondary N) is 1. The van der Waals surface area contributed by atoms with Gasteiger partial charge in [0.15, 0.2) is 0 Å². The molecule has 2 heterocycles.